The third-order valence-electron chi connectivity index (χ3n) is 4.09. The van der Waals surface area contributed by atoms with E-state index in [1.807, 2.05) is 24.4 Å². The van der Waals surface area contributed by atoms with E-state index < -0.39 is 0 Å². The lowest BCUT2D eigenvalue weighted by Gasteiger charge is -2.35. The highest BCUT2D eigenvalue weighted by Gasteiger charge is 2.19. The molecule has 0 atom stereocenters. The van der Waals surface area contributed by atoms with Gasteiger partial charge in [-0.2, -0.15) is 0 Å². The van der Waals surface area contributed by atoms with Crippen LogP contribution in [-0.2, 0) is 6.54 Å². The number of ether oxygens (including phenoxy) is 1. The summed E-state index contributed by atoms with van der Waals surface area (Å²) in [7, 11) is 1.57. The van der Waals surface area contributed by atoms with Crippen molar-refractivity contribution in [1.29, 1.82) is 0 Å². The Morgan fingerprint density at radius 1 is 1.22 bits per heavy atom. The number of phenolic OH excluding ortho intramolecular Hbond substituents is 1. The Balaban J connectivity index is 1.63. The van der Waals surface area contributed by atoms with E-state index in [2.05, 4.69) is 36.8 Å². The zero-order valence-electron chi connectivity index (χ0n) is 13.1. The van der Waals surface area contributed by atoms with E-state index >= 15 is 0 Å². The number of hydrogen-bond acceptors (Lipinski definition) is 5. The van der Waals surface area contributed by atoms with E-state index in [9.17, 15) is 5.11 Å². The minimum Gasteiger partial charge on any atom is -0.504 e. The van der Waals surface area contributed by atoms with Crippen LogP contribution in [0.15, 0.2) is 41.0 Å². The maximum absolute atomic E-state index is 9.80. The number of rotatable bonds is 4. The molecule has 2 heterocycles. The number of nitrogens with zero attached hydrogens (tertiary/aromatic N) is 3. The van der Waals surface area contributed by atoms with Crippen LogP contribution in [0.2, 0.25) is 0 Å². The van der Waals surface area contributed by atoms with Crippen LogP contribution in [0.3, 0.4) is 0 Å². The van der Waals surface area contributed by atoms with E-state index in [1.165, 1.54) is 0 Å². The van der Waals surface area contributed by atoms with Gasteiger partial charge in [-0.05, 0) is 29.8 Å². The summed E-state index contributed by atoms with van der Waals surface area (Å²) in [5, 5.41) is 9.80. The van der Waals surface area contributed by atoms with Gasteiger partial charge in [-0.25, -0.2) is 4.98 Å². The molecule has 5 nitrogen and oxygen atoms in total. The first kappa shape index (κ1) is 16.1. The molecule has 1 aliphatic rings. The molecule has 1 saturated heterocycles. The maximum atomic E-state index is 9.80. The van der Waals surface area contributed by atoms with Gasteiger partial charge < -0.3 is 14.7 Å². The molecule has 0 amide bonds. The molecule has 0 aliphatic carbocycles. The number of anilines is 1. The van der Waals surface area contributed by atoms with E-state index in [0.717, 1.165) is 48.6 Å². The summed E-state index contributed by atoms with van der Waals surface area (Å²) in [5.41, 5.74) is 1.12. The first-order valence-electron chi connectivity index (χ1n) is 7.61. The number of aromatic hydroxyl groups is 1. The van der Waals surface area contributed by atoms with Crippen molar-refractivity contribution < 1.29 is 9.84 Å². The van der Waals surface area contributed by atoms with E-state index in [4.69, 9.17) is 4.74 Å². The highest BCUT2D eigenvalue weighted by atomic mass is 79.9. The fraction of sp³-hybridized carbons (Fsp3) is 0.353. The monoisotopic (exact) mass is 377 g/mol. The molecular formula is C17H20BrN3O2. The van der Waals surface area contributed by atoms with E-state index in [1.54, 1.807) is 13.2 Å². The van der Waals surface area contributed by atoms with Crippen molar-refractivity contribution in [2.75, 3.05) is 38.2 Å². The second-order valence-corrected chi connectivity index (χ2v) is 6.42. The van der Waals surface area contributed by atoms with Gasteiger partial charge in [0.1, 0.15) is 5.82 Å². The van der Waals surface area contributed by atoms with Gasteiger partial charge in [0.05, 0.1) is 7.11 Å². The summed E-state index contributed by atoms with van der Waals surface area (Å²) in [6.45, 7) is 4.71. The average molecular weight is 378 g/mol. The molecule has 1 aliphatic heterocycles. The number of aromatic nitrogens is 1. The normalized spacial score (nSPS) is 15.7. The minimum absolute atomic E-state index is 0.156. The molecule has 1 fully saturated rings. The number of hydrogen-bond donors (Lipinski definition) is 1. The Bertz CT molecular complexity index is 658. The summed E-state index contributed by atoms with van der Waals surface area (Å²) in [6, 6.07) is 9.60. The number of methoxy groups -OCH3 is 1. The molecule has 122 valence electrons. The largest absolute Gasteiger partial charge is 0.504 e. The predicted molar refractivity (Wildman–Crippen MR) is 94.1 cm³/mol. The van der Waals surface area contributed by atoms with Crippen LogP contribution in [0.5, 0.6) is 11.5 Å². The quantitative estimate of drug-likeness (QED) is 0.887. The van der Waals surface area contributed by atoms with Crippen molar-refractivity contribution in [3.05, 3.63) is 46.6 Å². The van der Waals surface area contributed by atoms with Crippen LogP contribution in [0.25, 0.3) is 0 Å². The van der Waals surface area contributed by atoms with Crippen molar-refractivity contribution in [1.82, 2.24) is 9.88 Å². The van der Waals surface area contributed by atoms with Gasteiger partial charge in [0.2, 0.25) is 0 Å². The van der Waals surface area contributed by atoms with Gasteiger partial charge in [-0.3, -0.25) is 4.90 Å². The smallest absolute Gasteiger partial charge is 0.160 e. The Kier molecular flexibility index (Phi) is 5.03. The summed E-state index contributed by atoms with van der Waals surface area (Å²) >= 11 is 3.52. The van der Waals surface area contributed by atoms with Gasteiger partial charge in [-0.15, -0.1) is 0 Å². The predicted octanol–water partition coefficient (Wildman–Crippen LogP) is 2.88. The molecule has 1 aromatic carbocycles. The molecular weight excluding hydrogens is 358 g/mol. The molecule has 0 unspecified atom stereocenters. The number of benzene rings is 1. The lowest BCUT2D eigenvalue weighted by atomic mass is 10.1. The lowest BCUT2D eigenvalue weighted by Crippen LogP contribution is -2.46. The maximum Gasteiger partial charge on any atom is 0.160 e. The van der Waals surface area contributed by atoms with Gasteiger partial charge in [-0.1, -0.05) is 22.0 Å². The van der Waals surface area contributed by atoms with Crippen molar-refractivity contribution in [2.24, 2.45) is 0 Å². The SMILES string of the molecule is COc1cc(CN2CCN(c3ccccn3)CC2)c(Br)cc1O. The van der Waals surface area contributed by atoms with Crippen molar-refractivity contribution in [2.45, 2.75) is 6.54 Å². The molecule has 0 radical (unpaired) electrons. The summed E-state index contributed by atoms with van der Waals surface area (Å²) < 4.78 is 6.10. The minimum atomic E-state index is 0.156. The van der Waals surface area contributed by atoms with Crippen molar-refractivity contribution in [3.63, 3.8) is 0 Å². The Labute approximate surface area is 144 Å². The van der Waals surface area contributed by atoms with E-state index in [-0.39, 0.29) is 5.75 Å². The first-order chi connectivity index (χ1) is 11.2. The Morgan fingerprint density at radius 2 is 2.00 bits per heavy atom. The summed E-state index contributed by atoms with van der Waals surface area (Å²) in [5.74, 6) is 1.71. The van der Waals surface area contributed by atoms with Gasteiger partial charge >= 0.3 is 0 Å². The molecule has 0 spiro atoms. The molecule has 23 heavy (non-hydrogen) atoms. The summed E-state index contributed by atoms with van der Waals surface area (Å²) in [4.78, 5) is 9.12. The highest BCUT2D eigenvalue weighted by molar-refractivity contribution is 9.10. The van der Waals surface area contributed by atoms with Crippen LogP contribution in [-0.4, -0.2) is 48.3 Å². The average Bonchev–Trinajstić information content (AvgIpc) is 2.59. The van der Waals surface area contributed by atoms with Crippen LogP contribution >= 0.6 is 15.9 Å². The zero-order valence-corrected chi connectivity index (χ0v) is 14.7. The topological polar surface area (TPSA) is 48.8 Å². The fourth-order valence-electron chi connectivity index (χ4n) is 2.79. The Hall–Kier alpha value is -1.79. The van der Waals surface area contributed by atoms with Gasteiger partial charge in [0, 0.05) is 43.4 Å². The molecule has 0 saturated carbocycles. The van der Waals surface area contributed by atoms with Crippen LogP contribution < -0.4 is 9.64 Å². The Morgan fingerprint density at radius 3 is 2.65 bits per heavy atom. The second-order valence-electron chi connectivity index (χ2n) is 5.57. The van der Waals surface area contributed by atoms with Crippen LogP contribution in [0, 0.1) is 0 Å². The second kappa shape index (κ2) is 7.19. The van der Waals surface area contributed by atoms with Gasteiger partial charge in [0.15, 0.2) is 11.5 Å². The van der Waals surface area contributed by atoms with Crippen molar-refractivity contribution >= 4 is 21.7 Å². The first-order valence-corrected chi connectivity index (χ1v) is 8.40. The van der Waals surface area contributed by atoms with Crippen LogP contribution in [0.1, 0.15) is 5.56 Å². The molecule has 0 bridgehead atoms. The third kappa shape index (κ3) is 3.76. The molecule has 6 heteroatoms. The fourth-order valence-corrected chi connectivity index (χ4v) is 3.24. The number of pyridine rings is 1. The number of phenols is 1. The standard InChI is InChI=1S/C17H20BrN3O2/c1-23-16-10-13(14(18)11-15(16)22)12-20-6-8-21(9-7-20)17-4-2-3-5-19-17/h2-5,10-11,22H,6-9,12H2,1H3. The third-order valence-corrected chi connectivity index (χ3v) is 4.83. The molecule has 3 rings (SSSR count). The van der Waals surface area contributed by atoms with Gasteiger partial charge in [0.25, 0.3) is 0 Å². The van der Waals surface area contributed by atoms with Crippen molar-refractivity contribution in [3.8, 4) is 11.5 Å². The molecule has 1 N–H and O–H groups in total. The zero-order chi connectivity index (χ0) is 16.2. The highest BCUT2D eigenvalue weighted by Crippen LogP contribution is 2.33. The number of halogens is 1. The summed E-state index contributed by atoms with van der Waals surface area (Å²) in [6.07, 6.45) is 1.83. The van der Waals surface area contributed by atoms with Crippen LogP contribution in [0.4, 0.5) is 5.82 Å². The number of piperazine rings is 1. The molecule has 2 aromatic rings. The van der Waals surface area contributed by atoms with E-state index in [0.29, 0.717) is 5.75 Å². The lowest BCUT2D eigenvalue weighted by molar-refractivity contribution is 0.248. The molecule has 1 aromatic heterocycles.